The van der Waals surface area contributed by atoms with Gasteiger partial charge in [0, 0.05) is 37.7 Å². The lowest BCUT2D eigenvalue weighted by Gasteiger charge is -2.23. The average Bonchev–Trinajstić information content (AvgIpc) is 3.22. The number of carbonyl (C=O) groups is 7. The summed E-state index contributed by atoms with van der Waals surface area (Å²) in [5, 5.41) is 10.4. The molecule has 6 amide bonds. The van der Waals surface area contributed by atoms with Crippen LogP contribution in [0.1, 0.15) is 53.0 Å². The smallest absolute Gasteiger partial charge is 0.302 e. The van der Waals surface area contributed by atoms with Crippen molar-refractivity contribution >= 4 is 47.1 Å². The molecule has 0 aromatic heterocycles. The van der Waals surface area contributed by atoms with Crippen molar-refractivity contribution in [2.45, 2.75) is 72.2 Å². The van der Waals surface area contributed by atoms with Gasteiger partial charge in [-0.05, 0) is 43.9 Å². The fourth-order valence-electron chi connectivity index (χ4n) is 3.74. The third-order valence-corrected chi connectivity index (χ3v) is 5.99. The Bertz CT molecular complexity index is 1180. The van der Waals surface area contributed by atoms with Crippen LogP contribution in [-0.4, -0.2) is 71.0 Å². The zero-order chi connectivity index (χ0) is 30.7. The van der Waals surface area contributed by atoms with Crippen LogP contribution in [0.25, 0.3) is 0 Å². The van der Waals surface area contributed by atoms with Crippen LogP contribution in [0.4, 0.5) is 5.69 Å². The zero-order valence-corrected chi connectivity index (χ0v) is 23.8. The molecule has 1 aromatic rings. The van der Waals surface area contributed by atoms with E-state index in [1.54, 1.807) is 24.3 Å². The molecule has 0 fully saturated rings. The van der Waals surface area contributed by atoms with Crippen LogP contribution in [0.5, 0.6) is 0 Å². The van der Waals surface area contributed by atoms with Gasteiger partial charge in [-0.2, -0.15) is 0 Å². The first-order valence-corrected chi connectivity index (χ1v) is 13.2. The second-order valence-corrected chi connectivity index (χ2v) is 10.1. The molecule has 1 aliphatic heterocycles. The van der Waals surface area contributed by atoms with E-state index < -0.39 is 59.5 Å². The van der Waals surface area contributed by atoms with E-state index in [0.717, 1.165) is 22.6 Å². The van der Waals surface area contributed by atoms with Crippen molar-refractivity contribution in [2.24, 2.45) is 5.92 Å². The van der Waals surface area contributed by atoms with Crippen LogP contribution in [0.3, 0.4) is 0 Å². The van der Waals surface area contributed by atoms with Gasteiger partial charge in [-0.25, -0.2) is 0 Å². The Morgan fingerprint density at radius 2 is 1.37 bits per heavy atom. The molecule has 0 spiro atoms. The fraction of sp³-hybridized carbons (Fsp3) is 0.464. The molecule has 13 heteroatoms. The number of carbonyl (C=O) groups excluding carboxylic acids is 7. The third-order valence-electron chi connectivity index (χ3n) is 5.99. The molecule has 0 saturated carbocycles. The Morgan fingerprint density at radius 1 is 0.805 bits per heavy atom. The van der Waals surface area contributed by atoms with Crippen molar-refractivity contribution in [1.29, 1.82) is 0 Å². The second kappa shape index (κ2) is 15.3. The standard InChI is InChI=1S/C28H37N5O8/c1-16(2)14-22(32-23(35)12-13-33-24(36)10-11-25(33)37)28(40)30-17(3)26(38)29-18(4)27(39)31-21-8-6-20(7-9-21)15-41-19(5)34/h6-11,16-18,22H,12-15H2,1-5H3,(H,29,38)(H,30,40)(H,31,39)(H,32,35)/t17-,18-,22+/m0/s1. The van der Waals surface area contributed by atoms with E-state index in [2.05, 4.69) is 21.3 Å². The number of hydrogen-bond acceptors (Lipinski definition) is 8. The topological polar surface area (TPSA) is 180 Å². The van der Waals surface area contributed by atoms with E-state index in [1.807, 2.05) is 13.8 Å². The Kier molecular flexibility index (Phi) is 12.2. The largest absolute Gasteiger partial charge is 0.461 e. The Balaban J connectivity index is 1.86. The highest BCUT2D eigenvalue weighted by Gasteiger charge is 2.28. The summed E-state index contributed by atoms with van der Waals surface area (Å²) in [5.74, 6) is -3.59. The highest BCUT2D eigenvalue weighted by atomic mass is 16.5. The normalized spacial score (nSPS) is 14.7. The van der Waals surface area contributed by atoms with Gasteiger partial charge in [0.1, 0.15) is 24.7 Å². The number of nitrogens with one attached hydrogen (secondary N) is 4. The molecular weight excluding hydrogens is 534 g/mol. The first kappa shape index (κ1) is 32.7. The molecule has 0 bridgehead atoms. The third kappa shape index (κ3) is 10.9. The van der Waals surface area contributed by atoms with Gasteiger partial charge in [-0.15, -0.1) is 0 Å². The van der Waals surface area contributed by atoms with E-state index >= 15 is 0 Å². The van der Waals surface area contributed by atoms with Gasteiger partial charge in [-0.3, -0.25) is 38.5 Å². The van der Waals surface area contributed by atoms with Crippen molar-refractivity contribution in [3.05, 3.63) is 42.0 Å². The van der Waals surface area contributed by atoms with Crippen LogP contribution in [0.15, 0.2) is 36.4 Å². The van der Waals surface area contributed by atoms with Gasteiger partial charge in [-0.1, -0.05) is 26.0 Å². The lowest BCUT2D eigenvalue weighted by Crippen LogP contribution is -2.55. The number of ether oxygens (including phenoxy) is 1. The van der Waals surface area contributed by atoms with Crippen molar-refractivity contribution in [3.63, 3.8) is 0 Å². The van der Waals surface area contributed by atoms with E-state index in [4.69, 9.17) is 4.74 Å². The quantitative estimate of drug-likeness (QED) is 0.184. The predicted molar refractivity (Wildman–Crippen MR) is 148 cm³/mol. The summed E-state index contributed by atoms with van der Waals surface area (Å²) in [7, 11) is 0. The van der Waals surface area contributed by atoms with Crippen LogP contribution in [-0.2, 0) is 44.9 Å². The molecule has 41 heavy (non-hydrogen) atoms. The Morgan fingerprint density at radius 3 is 1.93 bits per heavy atom. The van der Waals surface area contributed by atoms with Crippen LogP contribution >= 0.6 is 0 Å². The first-order valence-electron chi connectivity index (χ1n) is 13.2. The molecule has 0 saturated heterocycles. The van der Waals surface area contributed by atoms with Crippen molar-refractivity contribution < 1.29 is 38.3 Å². The molecule has 2 rings (SSSR count). The van der Waals surface area contributed by atoms with E-state index in [-0.39, 0.29) is 31.9 Å². The zero-order valence-electron chi connectivity index (χ0n) is 23.8. The lowest BCUT2D eigenvalue weighted by molar-refractivity contribution is -0.142. The summed E-state index contributed by atoms with van der Waals surface area (Å²) in [5.41, 5.74) is 1.22. The second-order valence-electron chi connectivity index (χ2n) is 10.1. The van der Waals surface area contributed by atoms with Gasteiger partial charge in [0.25, 0.3) is 11.8 Å². The Labute approximate surface area is 238 Å². The molecule has 3 atom stereocenters. The van der Waals surface area contributed by atoms with Crippen LogP contribution in [0.2, 0.25) is 0 Å². The number of anilines is 1. The molecular formula is C28H37N5O8. The maximum atomic E-state index is 12.9. The molecule has 13 nitrogen and oxygen atoms in total. The molecule has 1 heterocycles. The van der Waals surface area contributed by atoms with Crippen molar-refractivity contribution in [1.82, 2.24) is 20.9 Å². The fourth-order valence-corrected chi connectivity index (χ4v) is 3.74. The number of benzene rings is 1. The molecule has 0 aliphatic carbocycles. The van der Waals surface area contributed by atoms with Crippen molar-refractivity contribution in [3.8, 4) is 0 Å². The van der Waals surface area contributed by atoms with Crippen molar-refractivity contribution in [2.75, 3.05) is 11.9 Å². The number of rotatable bonds is 14. The molecule has 1 aliphatic rings. The minimum Gasteiger partial charge on any atom is -0.461 e. The lowest BCUT2D eigenvalue weighted by atomic mass is 10.0. The summed E-state index contributed by atoms with van der Waals surface area (Å²) in [4.78, 5) is 85.8. The molecule has 222 valence electrons. The monoisotopic (exact) mass is 571 g/mol. The van der Waals surface area contributed by atoms with Gasteiger partial charge in [0.05, 0.1) is 0 Å². The number of esters is 1. The maximum absolute atomic E-state index is 12.9. The SMILES string of the molecule is CC(=O)OCc1ccc(NC(=O)[C@H](C)NC(=O)[C@H](C)NC(=O)[C@@H](CC(C)C)NC(=O)CCN2C(=O)C=CC2=O)cc1. The number of nitrogens with zero attached hydrogens (tertiary/aromatic N) is 1. The summed E-state index contributed by atoms with van der Waals surface area (Å²) >= 11 is 0. The molecule has 0 radical (unpaired) electrons. The highest BCUT2D eigenvalue weighted by molar-refractivity contribution is 6.13. The molecule has 1 aromatic carbocycles. The number of amides is 6. The summed E-state index contributed by atoms with van der Waals surface area (Å²) in [6.45, 7) is 7.97. The van der Waals surface area contributed by atoms with E-state index in [0.29, 0.717) is 5.69 Å². The summed E-state index contributed by atoms with van der Waals surface area (Å²) in [6.07, 6.45) is 2.35. The average molecular weight is 572 g/mol. The van der Waals surface area contributed by atoms with Gasteiger partial charge in [0.15, 0.2) is 0 Å². The number of imide groups is 1. The molecule has 4 N–H and O–H groups in total. The minimum absolute atomic E-state index is 0.0283. The first-order chi connectivity index (χ1) is 19.3. The van der Waals surface area contributed by atoms with E-state index in [9.17, 15) is 33.6 Å². The maximum Gasteiger partial charge on any atom is 0.302 e. The molecule has 0 unspecified atom stereocenters. The number of hydrogen-bond donors (Lipinski definition) is 4. The van der Waals surface area contributed by atoms with Crippen LogP contribution < -0.4 is 21.3 Å². The summed E-state index contributed by atoms with van der Waals surface area (Å²) in [6, 6.07) is 3.74. The van der Waals surface area contributed by atoms with E-state index in [1.165, 1.54) is 20.8 Å². The van der Waals surface area contributed by atoms with Crippen LogP contribution in [0, 0.1) is 5.92 Å². The summed E-state index contributed by atoms with van der Waals surface area (Å²) < 4.78 is 4.92. The Hall–Kier alpha value is -4.55. The predicted octanol–water partition coefficient (Wildman–Crippen LogP) is 0.544. The van der Waals surface area contributed by atoms with Gasteiger partial charge in [0.2, 0.25) is 23.6 Å². The van der Waals surface area contributed by atoms with Gasteiger partial charge < -0.3 is 26.0 Å². The minimum atomic E-state index is -1.02. The van der Waals surface area contributed by atoms with Gasteiger partial charge >= 0.3 is 5.97 Å². The highest BCUT2D eigenvalue weighted by Crippen LogP contribution is 2.11.